The number of carboxylic acid groups (broad SMARTS) is 1. The number of rotatable bonds is 8. The lowest BCUT2D eigenvalue weighted by Gasteiger charge is -2.27. The summed E-state index contributed by atoms with van der Waals surface area (Å²) in [6.45, 7) is 3.74. The molecule has 0 amide bonds. The maximum atomic E-state index is 11.7. The Morgan fingerprint density at radius 2 is 2.09 bits per heavy atom. The Morgan fingerprint density at radius 3 is 2.78 bits per heavy atom. The van der Waals surface area contributed by atoms with Gasteiger partial charge in [-0.2, -0.15) is 0 Å². The third-order valence-electron chi connectivity index (χ3n) is 3.97. The van der Waals surface area contributed by atoms with Crippen LogP contribution >= 0.6 is 11.6 Å². The molecule has 4 nitrogen and oxygen atoms in total. The summed E-state index contributed by atoms with van der Waals surface area (Å²) in [5.41, 5.74) is -0.688. The zero-order valence-electron chi connectivity index (χ0n) is 13.5. The molecule has 1 aromatic heterocycles. The van der Waals surface area contributed by atoms with Gasteiger partial charge in [-0.05, 0) is 44.0 Å². The second-order valence-electron chi connectivity index (χ2n) is 5.89. The van der Waals surface area contributed by atoms with Crippen molar-refractivity contribution in [2.75, 3.05) is 0 Å². The first kappa shape index (κ1) is 17.5. The van der Waals surface area contributed by atoms with E-state index in [1.807, 2.05) is 6.07 Å². The predicted octanol–water partition coefficient (Wildman–Crippen LogP) is 5.08. The summed E-state index contributed by atoms with van der Waals surface area (Å²) in [5, 5.41) is 10.9. The van der Waals surface area contributed by atoms with Gasteiger partial charge in [0.25, 0.3) is 0 Å². The van der Waals surface area contributed by atoms with Gasteiger partial charge in [0.2, 0.25) is 5.60 Å². The van der Waals surface area contributed by atoms with Crippen LogP contribution < -0.4 is 4.74 Å². The zero-order chi connectivity index (χ0) is 16.9. The smallest absolute Gasteiger partial charge is 0.347 e. The number of halogens is 1. The van der Waals surface area contributed by atoms with Gasteiger partial charge >= 0.3 is 5.97 Å². The molecule has 1 unspecified atom stereocenters. The third kappa shape index (κ3) is 4.14. The summed E-state index contributed by atoms with van der Waals surface area (Å²) in [6.07, 6.45) is 6.12. The molecule has 0 radical (unpaired) electrons. The fourth-order valence-electron chi connectivity index (χ4n) is 2.53. The molecule has 124 valence electrons. The number of hydrogen-bond acceptors (Lipinski definition) is 3. The topological polar surface area (TPSA) is 59.4 Å². The minimum absolute atomic E-state index is 0.449. The van der Waals surface area contributed by atoms with E-state index in [1.165, 1.54) is 0 Å². The van der Waals surface area contributed by atoms with Crippen molar-refractivity contribution in [2.24, 2.45) is 0 Å². The van der Waals surface area contributed by atoms with E-state index in [2.05, 4.69) is 11.9 Å². The molecule has 2 rings (SSSR count). The van der Waals surface area contributed by atoms with Crippen LogP contribution in [0.4, 0.5) is 0 Å². The molecule has 0 aliphatic rings. The van der Waals surface area contributed by atoms with Gasteiger partial charge in [-0.25, -0.2) is 4.79 Å². The van der Waals surface area contributed by atoms with Gasteiger partial charge in [0.1, 0.15) is 11.3 Å². The Kier molecular flexibility index (Phi) is 5.83. The van der Waals surface area contributed by atoms with E-state index in [4.69, 9.17) is 16.3 Å². The second kappa shape index (κ2) is 7.64. The molecule has 0 aliphatic carbocycles. The van der Waals surface area contributed by atoms with Crippen molar-refractivity contribution in [3.05, 3.63) is 35.5 Å². The van der Waals surface area contributed by atoms with E-state index < -0.39 is 11.6 Å². The first-order chi connectivity index (χ1) is 11.0. The Balaban J connectivity index is 2.27. The molecule has 23 heavy (non-hydrogen) atoms. The van der Waals surface area contributed by atoms with Crippen LogP contribution in [0.2, 0.25) is 5.02 Å². The monoisotopic (exact) mass is 335 g/mol. The number of nitrogens with zero attached hydrogens (tertiary/aromatic N) is 1. The number of carbonyl (C=O) groups is 1. The number of aliphatic carboxylic acids is 1. The lowest BCUT2D eigenvalue weighted by Crippen LogP contribution is -2.41. The van der Waals surface area contributed by atoms with Gasteiger partial charge in [-0.3, -0.25) is 4.98 Å². The van der Waals surface area contributed by atoms with Gasteiger partial charge in [0, 0.05) is 11.6 Å². The number of ether oxygens (including phenoxy) is 1. The average molecular weight is 336 g/mol. The standard InChI is InChI=1S/C18H22ClNO3/c1-3-4-5-6-11-18(2,17(21)22)23-15-10-9-14(19)13-8-7-12-20-16(13)15/h7-10,12H,3-6,11H2,1-2H3,(H,21,22). The van der Waals surface area contributed by atoms with E-state index >= 15 is 0 Å². The van der Waals surface area contributed by atoms with Crippen LogP contribution in [0.3, 0.4) is 0 Å². The van der Waals surface area contributed by atoms with Crippen molar-refractivity contribution in [1.82, 2.24) is 4.98 Å². The summed E-state index contributed by atoms with van der Waals surface area (Å²) in [7, 11) is 0. The molecule has 0 bridgehead atoms. The van der Waals surface area contributed by atoms with Gasteiger partial charge in [-0.1, -0.05) is 37.8 Å². The summed E-state index contributed by atoms with van der Waals surface area (Å²) in [5.74, 6) is -0.515. The number of aromatic nitrogens is 1. The molecule has 1 atom stereocenters. The maximum Gasteiger partial charge on any atom is 0.347 e. The first-order valence-electron chi connectivity index (χ1n) is 7.93. The molecule has 0 saturated carbocycles. The molecule has 1 N–H and O–H groups in total. The van der Waals surface area contributed by atoms with E-state index in [9.17, 15) is 9.90 Å². The highest BCUT2D eigenvalue weighted by molar-refractivity contribution is 6.35. The van der Waals surface area contributed by atoms with Crippen LogP contribution in [0.5, 0.6) is 5.75 Å². The zero-order valence-corrected chi connectivity index (χ0v) is 14.3. The summed E-state index contributed by atoms with van der Waals surface area (Å²) < 4.78 is 5.89. The number of pyridine rings is 1. The normalized spacial score (nSPS) is 13.7. The molecule has 0 spiro atoms. The van der Waals surface area contributed by atoms with E-state index in [-0.39, 0.29) is 0 Å². The van der Waals surface area contributed by atoms with E-state index in [1.54, 1.807) is 31.3 Å². The van der Waals surface area contributed by atoms with Crippen LogP contribution in [0.1, 0.15) is 46.0 Å². The maximum absolute atomic E-state index is 11.7. The molecule has 2 aromatic rings. The van der Waals surface area contributed by atoms with Crippen LogP contribution in [0.15, 0.2) is 30.5 Å². The number of benzene rings is 1. The largest absolute Gasteiger partial charge is 0.478 e. The quantitative estimate of drug-likeness (QED) is 0.683. The fraction of sp³-hybridized carbons (Fsp3) is 0.444. The molecule has 1 heterocycles. The third-order valence-corrected chi connectivity index (χ3v) is 4.30. The summed E-state index contributed by atoms with van der Waals surface area (Å²) >= 11 is 6.17. The highest BCUT2D eigenvalue weighted by Gasteiger charge is 2.35. The summed E-state index contributed by atoms with van der Waals surface area (Å²) in [6, 6.07) is 7.03. The lowest BCUT2D eigenvalue weighted by atomic mass is 9.97. The number of unbranched alkanes of at least 4 members (excludes halogenated alkanes) is 3. The molecule has 5 heteroatoms. The Bertz CT molecular complexity index is 689. The van der Waals surface area contributed by atoms with E-state index in [0.717, 1.165) is 31.1 Å². The lowest BCUT2D eigenvalue weighted by molar-refractivity contribution is -0.154. The van der Waals surface area contributed by atoms with Crippen LogP contribution in [-0.2, 0) is 4.79 Å². The highest BCUT2D eigenvalue weighted by Crippen LogP contribution is 2.33. The van der Waals surface area contributed by atoms with Crippen molar-refractivity contribution in [3.8, 4) is 5.75 Å². The van der Waals surface area contributed by atoms with Crippen molar-refractivity contribution in [2.45, 2.75) is 51.6 Å². The SMILES string of the molecule is CCCCCCC(C)(Oc1ccc(Cl)c2cccnc12)C(=O)O. The van der Waals surface area contributed by atoms with Crippen LogP contribution in [0.25, 0.3) is 10.9 Å². The van der Waals surface area contributed by atoms with Gasteiger partial charge in [0.05, 0.1) is 5.02 Å². The van der Waals surface area contributed by atoms with Crippen LogP contribution in [-0.4, -0.2) is 21.7 Å². The van der Waals surface area contributed by atoms with Crippen molar-refractivity contribution in [3.63, 3.8) is 0 Å². The Hall–Kier alpha value is -1.81. The minimum atomic E-state index is -1.27. The van der Waals surface area contributed by atoms with Crippen molar-refractivity contribution >= 4 is 28.5 Å². The van der Waals surface area contributed by atoms with Gasteiger partial charge in [0.15, 0.2) is 0 Å². The molecule has 0 saturated heterocycles. The first-order valence-corrected chi connectivity index (χ1v) is 8.31. The molecular weight excluding hydrogens is 314 g/mol. The van der Waals surface area contributed by atoms with Crippen molar-refractivity contribution < 1.29 is 14.6 Å². The number of hydrogen-bond donors (Lipinski definition) is 1. The van der Waals surface area contributed by atoms with Gasteiger partial charge < -0.3 is 9.84 Å². The molecule has 1 aromatic carbocycles. The molecule has 0 fully saturated rings. The Labute approximate surface area is 141 Å². The number of carboxylic acids is 1. The van der Waals surface area contributed by atoms with Crippen molar-refractivity contribution in [1.29, 1.82) is 0 Å². The fourth-order valence-corrected chi connectivity index (χ4v) is 2.74. The molecular formula is C18H22ClNO3. The predicted molar refractivity (Wildman–Crippen MR) is 92.2 cm³/mol. The molecule has 0 aliphatic heterocycles. The average Bonchev–Trinajstić information content (AvgIpc) is 2.54. The Morgan fingerprint density at radius 1 is 1.30 bits per heavy atom. The van der Waals surface area contributed by atoms with Gasteiger partial charge in [-0.15, -0.1) is 0 Å². The number of fused-ring (bicyclic) bond motifs is 1. The van der Waals surface area contributed by atoms with E-state index in [0.29, 0.717) is 22.7 Å². The van der Waals surface area contributed by atoms with Crippen LogP contribution in [0, 0.1) is 0 Å². The minimum Gasteiger partial charge on any atom is -0.478 e. The summed E-state index contributed by atoms with van der Waals surface area (Å²) in [4.78, 5) is 16.0. The second-order valence-corrected chi connectivity index (χ2v) is 6.30. The highest BCUT2D eigenvalue weighted by atomic mass is 35.5.